The zero-order chi connectivity index (χ0) is 14.7. The molecule has 0 bridgehead atoms. The number of pyridine rings is 1. The summed E-state index contributed by atoms with van der Waals surface area (Å²) < 4.78 is 6.09. The van der Waals surface area contributed by atoms with Crippen LogP contribution >= 0.6 is 15.9 Å². The van der Waals surface area contributed by atoms with Crippen LogP contribution in [0.25, 0.3) is 10.9 Å². The molecule has 1 heterocycles. The molecule has 1 aromatic heterocycles. The minimum Gasteiger partial charge on any atom is -0.410 e. The Kier molecular flexibility index (Phi) is 3.83. The predicted molar refractivity (Wildman–Crippen MR) is 85.5 cm³/mol. The summed E-state index contributed by atoms with van der Waals surface area (Å²) in [6.45, 7) is 0. The molecule has 0 saturated carbocycles. The van der Waals surface area contributed by atoms with E-state index in [0.29, 0.717) is 17.0 Å². The van der Waals surface area contributed by atoms with Gasteiger partial charge in [0.05, 0.1) is 11.2 Å². The second-order valence-electron chi connectivity index (χ2n) is 4.36. The van der Waals surface area contributed by atoms with E-state index in [0.717, 1.165) is 9.86 Å². The Bertz CT molecular complexity index is 791. The topological polar surface area (TPSA) is 51.2 Å². The minimum atomic E-state index is -0.543. The number of anilines is 1. The van der Waals surface area contributed by atoms with Gasteiger partial charge in [0.15, 0.2) is 0 Å². The highest BCUT2D eigenvalue weighted by molar-refractivity contribution is 9.10. The van der Waals surface area contributed by atoms with E-state index in [9.17, 15) is 4.79 Å². The average molecular weight is 343 g/mol. The number of nitrogens with zero attached hydrogens (tertiary/aromatic N) is 1. The van der Waals surface area contributed by atoms with Crippen molar-refractivity contribution in [3.05, 3.63) is 65.3 Å². The minimum absolute atomic E-state index is 0.492. The summed E-state index contributed by atoms with van der Waals surface area (Å²) in [5.41, 5.74) is 1.33. The highest BCUT2D eigenvalue weighted by Crippen LogP contribution is 2.24. The fourth-order valence-corrected chi connectivity index (χ4v) is 2.31. The van der Waals surface area contributed by atoms with Crippen LogP contribution in [-0.4, -0.2) is 11.1 Å². The Morgan fingerprint density at radius 2 is 1.90 bits per heavy atom. The fraction of sp³-hybridized carbons (Fsp3) is 0. The van der Waals surface area contributed by atoms with E-state index in [-0.39, 0.29) is 0 Å². The molecule has 1 N–H and O–H groups in total. The second kappa shape index (κ2) is 5.93. The lowest BCUT2D eigenvalue weighted by Crippen LogP contribution is -2.17. The van der Waals surface area contributed by atoms with Gasteiger partial charge in [0, 0.05) is 16.1 Å². The normalized spacial score (nSPS) is 10.3. The van der Waals surface area contributed by atoms with Crippen LogP contribution in [0.4, 0.5) is 10.5 Å². The number of fused-ring (bicyclic) bond motifs is 1. The number of hydrogen-bond donors (Lipinski definition) is 1. The van der Waals surface area contributed by atoms with Crippen molar-refractivity contribution >= 4 is 38.6 Å². The molecule has 2 aromatic carbocycles. The van der Waals surface area contributed by atoms with Gasteiger partial charge < -0.3 is 4.74 Å². The molecule has 3 rings (SSSR count). The molecule has 0 fully saturated rings. The Morgan fingerprint density at radius 1 is 1.10 bits per heavy atom. The molecule has 104 valence electrons. The monoisotopic (exact) mass is 342 g/mol. The van der Waals surface area contributed by atoms with Crippen molar-refractivity contribution in [3.8, 4) is 5.75 Å². The number of carbonyl (C=O) groups is 1. The van der Waals surface area contributed by atoms with E-state index < -0.39 is 6.09 Å². The number of aromatic nitrogens is 1. The van der Waals surface area contributed by atoms with E-state index in [1.807, 2.05) is 24.3 Å². The summed E-state index contributed by atoms with van der Waals surface area (Å²) in [7, 11) is 0. The molecule has 0 atom stereocenters. The molecule has 0 aliphatic heterocycles. The molecule has 0 saturated heterocycles. The summed E-state index contributed by atoms with van der Waals surface area (Å²) in [5, 5.41) is 3.65. The van der Waals surface area contributed by atoms with Crippen LogP contribution in [0, 0.1) is 0 Å². The quantitative estimate of drug-likeness (QED) is 0.739. The van der Waals surface area contributed by atoms with Crippen molar-refractivity contribution in [2.45, 2.75) is 0 Å². The van der Waals surface area contributed by atoms with Crippen molar-refractivity contribution < 1.29 is 9.53 Å². The highest BCUT2D eigenvalue weighted by atomic mass is 79.9. The van der Waals surface area contributed by atoms with Gasteiger partial charge in [-0.2, -0.15) is 0 Å². The predicted octanol–water partition coefficient (Wildman–Crippen LogP) is 4.61. The standard InChI is InChI=1S/C16H11BrN2O2/c17-12-9-11-5-4-8-14(15(11)18-10-12)19-16(20)21-13-6-2-1-3-7-13/h1-10H,(H,19,20). The van der Waals surface area contributed by atoms with E-state index in [2.05, 4.69) is 26.2 Å². The number of halogens is 1. The summed E-state index contributed by atoms with van der Waals surface area (Å²) in [4.78, 5) is 16.2. The maximum atomic E-state index is 11.9. The van der Waals surface area contributed by atoms with Gasteiger partial charge in [-0.3, -0.25) is 10.3 Å². The van der Waals surface area contributed by atoms with Crippen molar-refractivity contribution in [2.75, 3.05) is 5.32 Å². The van der Waals surface area contributed by atoms with Crippen LogP contribution < -0.4 is 10.1 Å². The zero-order valence-electron chi connectivity index (χ0n) is 10.9. The first-order valence-electron chi connectivity index (χ1n) is 6.30. The summed E-state index contributed by atoms with van der Waals surface area (Å²) in [6, 6.07) is 16.4. The van der Waals surface area contributed by atoms with Gasteiger partial charge in [-0.05, 0) is 40.2 Å². The third-order valence-corrected chi connectivity index (χ3v) is 3.30. The van der Waals surface area contributed by atoms with E-state index >= 15 is 0 Å². The van der Waals surface area contributed by atoms with E-state index in [4.69, 9.17) is 4.74 Å². The van der Waals surface area contributed by atoms with Crippen molar-refractivity contribution in [1.82, 2.24) is 4.98 Å². The van der Waals surface area contributed by atoms with Crippen LogP contribution in [0.2, 0.25) is 0 Å². The van der Waals surface area contributed by atoms with Crippen molar-refractivity contribution in [1.29, 1.82) is 0 Å². The molecule has 0 aliphatic rings. The third kappa shape index (κ3) is 3.20. The molecular weight excluding hydrogens is 332 g/mol. The summed E-state index contributed by atoms with van der Waals surface area (Å²) in [6.07, 6.45) is 1.15. The van der Waals surface area contributed by atoms with Gasteiger partial charge in [-0.1, -0.05) is 30.3 Å². The fourth-order valence-electron chi connectivity index (χ4n) is 1.97. The molecule has 3 aromatic rings. The molecule has 0 radical (unpaired) electrons. The Labute approximate surface area is 129 Å². The van der Waals surface area contributed by atoms with Gasteiger partial charge in [0.25, 0.3) is 0 Å². The van der Waals surface area contributed by atoms with Crippen LogP contribution in [0.1, 0.15) is 0 Å². The SMILES string of the molecule is O=C(Nc1cccc2cc(Br)cnc12)Oc1ccccc1. The van der Waals surface area contributed by atoms with E-state index in [1.165, 1.54) is 0 Å². The van der Waals surface area contributed by atoms with Gasteiger partial charge in [0.2, 0.25) is 0 Å². The number of para-hydroxylation sites is 2. The molecular formula is C16H11BrN2O2. The van der Waals surface area contributed by atoms with Crippen molar-refractivity contribution in [2.24, 2.45) is 0 Å². The van der Waals surface area contributed by atoms with Crippen LogP contribution in [0.15, 0.2) is 65.3 Å². The van der Waals surface area contributed by atoms with Crippen LogP contribution in [0.5, 0.6) is 5.75 Å². The number of amides is 1. The molecule has 1 amide bonds. The summed E-state index contributed by atoms with van der Waals surface area (Å²) >= 11 is 3.38. The Balaban J connectivity index is 1.83. The largest absolute Gasteiger partial charge is 0.417 e. The average Bonchev–Trinajstić information content (AvgIpc) is 2.48. The zero-order valence-corrected chi connectivity index (χ0v) is 12.5. The van der Waals surface area contributed by atoms with Gasteiger partial charge >= 0.3 is 6.09 Å². The molecule has 0 spiro atoms. The number of rotatable bonds is 2. The number of nitrogens with one attached hydrogen (secondary N) is 1. The first-order chi connectivity index (χ1) is 10.2. The first-order valence-corrected chi connectivity index (χ1v) is 7.10. The number of carbonyl (C=O) groups excluding carboxylic acids is 1. The summed E-state index contributed by atoms with van der Waals surface area (Å²) in [5.74, 6) is 0.492. The molecule has 4 nitrogen and oxygen atoms in total. The molecule has 0 aliphatic carbocycles. The molecule has 21 heavy (non-hydrogen) atoms. The maximum Gasteiger partial charge on any atom is 0.417 e. The Morgan fingerprint density at radius 3 is 2.71 bits per heavy atom. The van der Waals surface area contributed by atoms with Crippen LogP contribution in [0.3, 0.4) is 0 Å². The number of ether oxygens (including phenoxy) is 1. The lowest BCUT2D eigenvalue weighted by atomic mass is 10.2. The number of hydrogen-bond acceptors (Lipinski definition) is 3. The highest BCUT2D eigenvalue weighted by Gasteiger charge is 2.08. The smallest absolute Gasteiger partial charge is 0.410 e. The lowest BCUT2D eigenvalue weighted by molar-refractivity contribution is 0.215. The van der Waals surface area contributed by atoms with Gasteiger partial charge in [-0.15, -0.1) is 0 Å². The van der Waals surface area contributed by atoms with Gasteiger partial charge in [-0.25, -0.2) is 4.79 Å². The third-order valence-electron chi connectivity index (χ3n) is 2.87. The van der Waals surface area contributed by atoms with E-state index in [1.54, 1.807) is 36.5 Å². The van der Waals surface area contributed by atoms with Crippen LogP contribution in [-0.2, 0) is 0 Å². The van der Waals surface area contributed by atoms with Crippen molar-refractivity contribution in [3.63, 3.8) is 0 Å². The number of benzene rings is 2. The maximum absolute atomic E-state index is 11.9. The second-order valence-corrected chi connectivity index (χ2v) is 5.27. The Hall–Kier alpha value is -2.40. The lowest BCUT2D eigenvalue weighted by Gasteiger charge is -2.08. The first kappa shape index (κ1) is 13.6. The van der Waals surface area contributed by atoms with Gasteiger partial charge in [0.1, 0.15) is 5.75 Å². The molecule has 0 unspecified atom stereocenters. The molecule has 5 heteroatoms.